The van der Waals surface area contributed by atoms with Gasteiger partial charge in [-0.3, -0.25) is 4.79 Å². The first kappa shape index (κ1) is 14.4. The van der Waals surface area contributed by atoms with Gasteiger partial charge in [-0.1, -0.05) is 45.7 Å². The molecule has 21 heavy (non-hydrogen) atoms. The lowest BCUT2D eigenvalue weighted by atomic mass is 10.00. The predicted molar refractivity (Wildman–Crippen MR) is 85.9 cm³/mol. The van der Waals surface area contributed by atoms with E-state index in [0.717, 1.165) is 22.2 Å². The lowest BCUT2D eigenvalue weighted by Crippen LogP contribution is -2.32. The monoisotopic (exact) mass is 365 g/mol. The number of nitrogens with one attached hydrogen (secondary N) is 1. The summed E-state index contributed by atoms with van der Waals surface area (Å²) in [6.45, 7) is 0.593. The normalized spacial score (nSPS) is 16.8. The van der Waals surface area contributed by atoms with Gasteiger partial charge in [0.25, 0.3) is 5.91 Å². The number of halogens is 2. The second kappa shape index (κ2) is 6.08. The van der Waals surface area contributed by atoms with Crippen molar-refractivity contribution in [2.45, 2.75) is 12.5 Å². The van der Waals surface area contributed by atoms with Gasteiger partial charge >= 0.3 is 0 Å². The molecule has 3 rings (SSSR count). The maximum absolute atomic E-state index is 12.4. The molecule has 3 nitrogen and oxygen atoms in total. The Balaban J connectivity index is 1.83. The number of benzene rings is 2. The Hall–Kier alpha value is -1.52. The lowest BCUT2D eigenvalue weighted by Gasteiger charge is -2.26. The number of fused-ring (bicyclic) bond motifs is 1. The molecule has 108 valence electrons. The fourth-order valence-corrected chi connectivity index (χ4v) is 3.16. The second-order valence-corrected chi connectivity index (χ2v) is 6.15. The number of carbonyl (C=O) groups excluding carboxylic acids is 1. The summed E-state index contributed by atoms with van der Waals surface area (Å²) in [7, 11) is 0. The quantitative estimate of drug-likeness (QED) is 0.858. The van der Waals surface area contributed by atoms with Gasteiger partial charge in [-0.15, -0.1) is 0 Å². The fourth-order valence-electron chi connectivity index (χ4n) is 2.40. The molecule has 5 heteroatoms. The average Bonchev–Trinajstić information content (AvgIpc) is 2.47. The van der Waals surface area contributed by atoms with Crippen LogP contribution in [0.2, 0.25) is 5.02 Å². The van der Waals surface area contributed by atoms with Gasteiger partial charge in [0.1, 0.15) is 5.75 Å². The van der Waals surface area contributed by atoms with Gasteiger partial charge in [0.15, 0.2) is 0 Å². The van der Waals surface area contributed by atoms with E-state index in [4.69, 9.17) is 16.3 Å². The minimum absolute atomic E-state index is 0.0536. The third kappa shape index (κ3) is 3.06. The molecule has 2 aromatic carbocycles. The van der Waals surface area contributed by atoms with Crippen LogP contribution >= 0.6 is 27.5 Å². The minimum atomic E-state index is -0.172. The van der Waals surface area contributed by atoms with Crippen LogP contribution in [0.1, 0.15) is 28.4 Å². The van der Waals surface area contributed by atoms with Crippen molar-refractivity contribution < 1.29 is 9.53 Å². The third-order valence-electron chi connectivity index (χ3n) is 3.44. The molecular formula is C16H13BrClNO2. The van der Waals surface area contributed by atoms with Crippen LogP contribution in [0, 0.1) is 0 Å². The van der Waals surface area contributed by atoms with Crippen molar-refractivity contribution in [3.05, 3.63) is 63.1 Å². The molecule has 0 bridgehead atoms. The predicted octanol–water partition coefficient (Wildman–Crippen LogP) is 4.36. The first-order valence-electron chi connectivity index (χ1n) is 6.63. The molecule has 0 spiro atoms. The number of ether oxygens (including phenoxy) is 1. The molecule has 2 aromatic rings. The Morgan fingerprint density at radius 1 is 1.29 bits per heavy atom. The number of carbonyl (C=O) groups is 1. The first-order chi connectivity index (χ1) is 10.1. The van der Waals surface area contributed by atoms with E-state index in [1.165, 1.54) is 0 Å². The fraction of sp³-hybridized carbons (Fsp3) is 0.188. The van der Waals surface area contributed by atoms with Crippen molar-refractivity contribution in [3.8, 4) is 5.75 Å². The van der Waals surface area contributed by atoms with E-state index in [2.05, 4.69) is 21.2 Å². The van der Waals surface area contributed by atoms with Crippen LogP contribution in [-0.2, 0) is 0 Å². The van der Waals surface area contributed by atoms with Crippen LogP contribution in [0.4, 0.5) is 0 Å². The number of rotatable bonds is 2. The average molecular weight is 367 g/mol. The Bertz CT molecular complexity index is 690. The zero-order valence-corrected chi connectivity index (χ0v) is 13.4. The van der Waals surface area contributed by atoms with Crippen LogP contribution < -0.4 is 10.1 Å². The van der Waals surface area contributed by atoms with E-state index in [9.17, 15) is 4.79 Å². The highest BCUT2D eigenvalue weighted by Gasteiger charge is 2.23. The Kier molecular flexibility index (Phi) is 4.17. The summed E-state index contributed by atoms with van der Waals surface area (Å²) < 4.78 is 6.44. The molecule has 0 aliphatic carbocycles. The summed E-state index contributed by atoms with van der Waals surface area (Å²) >= 11 is 9.46. The molecule has 1 amide bonds. The SMILES string of the molecule is O=C(N[C@@H]1CCOc2ccccc21)c1ccc(Br)cc1Cl. The maximum Gasteiger partial charge on any atom is 0.253 e. The third-order valence-corrected chi connectivity index (χ3v) is 4.25. The minimum Gasteiger partial charge on any atom is -0.493 e. The molecule has 0 saturated carbocycles. The van der Waals surface area contributed by atoms with Crippen molar-refractivity contribution in [2.24, 2.45) is 0 Å². The first-order valence-corrected chi connectivity index (χ1v) is 7.80. The van der Waals surface area contributed by atoms with Gasteiger partial charge in [-0.2, -0.15) is 0 Å². The molecule has 0 unspecified atom stereocenters. The van der Waals surface area contributed by atoms with E-state index in [1.807, 2.05) is 24.3 Å². The highest BCUT2D eigenvalue weighted by Crippen LogP contribution is 2.32. The number of hydrogen-bond donors (Lipinski definition) is 1. The molecule has 1 N–H and O–H groups in total. The summed E-state index contributed by atoms with van der Waals surface area (Å²) in [6.07, 6.45) is 0.747. The molecule has 0 saturated heterocycles. The van der Waals surface area contributed by atoms with E-state index in [-0.39, 0.29) is 11.9 Å². The summed E-state index contributed by atoms with van der Waals surface area (Å²) in [6, 6.07) is 12.9. The van der Waals surface area contributed by atoms with Gasteiger partial charge < -0.3 is 10.1 Å². The zero-order valence-electron chi connectivity index (χ0n) is 11.1. The molecule has 0 fully saturated rings. The molecule has 1 heterocycles. The van der Waals surface area contributed by atoms with Crippen LogP contribution in [-0.4, -0.2) is 12.5 Å². The van der Waals surface area contributed by atoms with Gasteiger partial charge in [0.2, 0.25) is 0 Å². The second-order valence-electron chi connectivity index (χ2n) is 4.83. The topological polar surface area (TPSA) is 38.3 Å². The van der Waals surface area contributed by atoms with Crippen molar-refractivity contribution >= 4 is 33.4 Å². The number of para-hydroxylation sites is 1. The largest absolute Gasteiger partial charge is 0.493 e. The van der Waals surface area contributed by atoms with Crippen molar-refractivity contribution in [1.82, 2.24) is 5.32 Å². The maximum atomic E-state index is 12.4. The molecular weight excluding hydrogens is 354 g/mol. The molecule has 1 atom stereocenters. The van der Waals surface area contributed by atoms with Gasteiger partial charge in [-0.25, -0.2) is 0 Å². The molecule has 0 radical (unpaired) electrons. The Morgan fingerprint density at radius 3 is 2.90 bits per heavy atom. The Labute approximate surface area is 136 Å². The number of hydrogen-bond acceptors (Lipinski definition) is 2. The van der Waals surface area contributed by atoms with E-state index < -0.39 is 0 Å². The molecule has 1 aliphatic rings. The summed E-state index contributed by atoms with van der Waals surface area (Å²) in [5.41, 5.74) is 1.48. The highest BCUT2D eigenvalue weighted by molar-refractivity contribution is 9.10. The molecule has 0 aromatic heterocycles. The highest BCUT2D eigenvalue weighted by atomic mass is 79.9. The summed E-state index contributed by atoms with van der Waals surface area (Å²) in [5.74, 6) is 0.658. The van der Waals surface area contributed by atoms with Crippen LogP contribution in [0.25, 0.3) is 0 Å². The number of amides is 1. The summed E-state index contributed by atoms with van der Waals surface area (Å²) in [4.78, 5) is 12.4. The van der Waals surface area contributed by atoms with E-state index in [1.54, 1.807) is 18.2 Å². The van der Waals surface area contributed by atoms with Crippen LogP contribution in [0.3, 0.4) is 0 Å². The van der Waals surface area contributed by atoms with Crippen molar-refractivity contribution in [2.75, 3.05) is 6.61 Å². The van der Waals surface area contributed by atoms with Crippen LogP contribution in [0.15, 0.2) is 46.9 Å². The van der Waals surface area contributed by atoms with Crippen molar-refractivity contribution in [1.29, 1.82) is 0 Å². The summed E-state index contributed by atoms with van der Waals surface area (Å²) in [5, 5.41) is 3.47. The van der Waals surface area contributed by atoms with E-state index >= 15 is 0 Å². The molecule has 1 aliphatic heterocycles. The van der Waals surface area contributed by atoms with E-state index in [0.29, 0.717) is 17.2 Å². The zero-order chi connectivity index (χ0) is 14.8. The van der Waals surface area contributed by atoms with Gasteiger partial charge in [0.05, 0.1) is 23.2 Å². The Morgan fingerprint density at radius 2 is 2.10 bits per heavy atom. The van der Waals surface area contributed by atoms with Gasteiger partial charge in [-0.05, 0) is 24.3 Å². The van der Waals surface area contributed by atoms with Gasteiger partial charge in [0, 0.05) is 16.5 Å². The lowest BCUT2D eigenvalue weighted by molar-refractivity contribution is 0.0925. The van der Waals surface area contributed by atoms with Crippen molar-refractivity contribution in [3.63, 3.8) is 0 Å². The smallest absolute Gasteiger partial charge is 0.253 e. The van der Waals surface area contributed by atoms with Crippen LogP contribution in [0.5, 0.6) is 5.75 Å². The standard InChI is InChI=1S/C16H13BrClNO2/c17-10-5-6-11(13(18)9-10)16(20)19-14-7-8-21-15-4-2-1-3-12(14)15/h1-6,9,14H,7-8H2,(H,19,20)/t14-/m1/s1.